The minimum absolute atomic E-state index is 0.144. The monoisotopic (exact) mass is 205 g/mol. The fraction of sp³-hybridized carbons (Fsp3) is 0.250. The van der Waals surface area contributed by atoms with Gasteiger partial charge < -0.3 is 5.32 Å². The summed E-state index contributed by atoms with van der Waals surface area (Å²) in [5, 5.41) is 2.52. The molecule has 1 aromatic rings. The molecule has 0 atom stereocenters. The summed E-state index contributed by atoms with van der Waals surface area (Å²) in [6.07, 6.45) is 0. The van der Waals surface area contributed by atoms with E-state index in [0.29, 0.717) is 5.56 Å². The van der Waals surface area contributed by atoms with Crippen LogP contribution in [0.15, 0.2) is 18.2 Å². The van der Waals surface area contributed by atoms with Crippen molar-refractivity contribution in [2.24, 2.45) is 0 Å². The predicted octanol–water partition coefficient (Wildman–Crippen LogP) is 1.62. The van der Waals surface area contributed by atoms with Gasteiger partial charge in [0.2, 0.25) is 5.91 Å². The Hall–Kier alpha value is -1.82. The molecule has 0 heterocycles. The van der Waals surface area contributed by atoms with E-state index in [0.717, 1.165) is 5.56 Å². The van der Waals surface area contributed by atoms with Gasteiger partial charge in [0.05, 0.1) is 12.1 Å². The van der Waals surface area contributed by atoms with Crippen molar-refractivity contribution < 1.29 is 9.18 Å². The van der Waals surface area contributed by atoms with Gasteiger partial charge in [-0.15, -0.1) is 0 Å². The molecule has 3 heteroatoms. The van der Waals surface area contributed by atoms with Crippen LogP contribution in [0.5, 0.6) is 0 Å². The van der Waals surface area contributed by atoms with E-state index in [1.165, 1.54) is 13.0 Å². The van der Waals surface area contributed by atoms with E-state index >= 15 is 0 Å². The number of hydrogen-bond acceptors (Lipinski definition) is 1. The third-order valence-electron chi connectivity index (χ3n) is 1.86. The molecule has 1 amide bonds. The quantitative estimate of drug-likeness (QED) is 0.693. The first-order chi connectivity index (χ1) is 7.11. The summed E-state index contributed by atoms with van der Waals surface area (Å²) in [7, 11) is 0. The number of nitrogens with one attached hydrogen (secondary N) is 1. The Kier molecular flexibility index (Phi) is 3.87. The van der Waals surface area contributed by atoms with Crippen molar-refractivity contribution in [2.45, 2.75) is 13.8 Å². The lowest BCUT2D eigenvalue weighted by atomic mass is 10.1. The maximum absolute atomic E-state index is 13.2. The normalized spacial score (nSPS) is 9.00. The van der Waals surface area contributed by atoms with E-state index in [-0.39, 0.29) is 18.3 Å². The predicted molar refractivity (Wildman–Crippen MR) is 56.7 cm³/mol. The summed E-state index contributed by atoms with van der Waals surface area (Å²) in [5.74, 6) is 4.92. The first-order valence-electron chi connectivity index (χ1n) is 4.59. The molecule has 1 N–H and O–H groups in total. The van der Waals surface area contributed by atoms with Crippen molar-refractivity contribution in [1.29, 1.82) is 0 Å². The van der Waals surface area contributed by atoms with Gasteiger partial charge in [0, 0.05) is 6.92 Å². The van der Waals surface area contributed by atoms with Crippen molar-refractivity contribution in [1.82, 2.24) is 5.32 Å². The lowest BCUT2D eigenvalue weighted by Crippen LogP contribution is -2.19. The van der Waals surface area contributed by atoms with Gasteiger partial charge in [-0.1, -0.05) is 24.0 Å². The summed E-state index contributed by atoms with van der Waals surface area (Å²) < 4.78 is 13.2. The molecule has 15 heavy (non-hydrogen) atoms. The molecule has 2 nitrogen and oxygen atoms in total. The second-order valence-electron chi connectivity index (χ2n) is 3.14. The van der Waals surface area contributed by atoms with E-state index in [1.807, 2.05) is 0 Å². The Morgan fingerprint density at radius 2 is 2.27 bits per heavy atom. The second-order valence-corrected chi connectivity index (χ2v) is 3.14. The summed E-state index contributed by atoms with van der Waals surface area (Å²) in [4.78, 5) is 10.5. The molecule has 78 valence electrons. The minimum Gasteiger partial charge on any atom is -0.345 e. The summed E-state index contributed by atoms with van der Waals surface area (Å²) in [6.45, 7) is 3.45. The zero-order valence-corrected chi connectivity index (χ0v) is 8.73. The Morgan fingerprint density at radius 1 is 1.53 bits per heavy atom. The molecule has 0 unspecified atom stereocenters. The molecule has 0 bridgehead atoms. The highest BCUT2D eigenvalue weighted by atomic mass is 19.1. The molecule has 0 aliphatic heterocycles. The highest BCUT2D eigenvalue weighted by Crippen LogP contribution is 2.10. The number of aryl methyl sites for hydroxylation is 1. The van der Waals surface area contributed by atoms with E-state index in [4.69, 9.17) is 0 Å². The maximum Gasteiger partial charge on any atom is 0.217 e. The third kappa shape index (κ3) is 3.43. The molecular formula is C12H12FNO. The number of carbonyl (C=O) groups excluding carboxylic acids is 1. The number of amides is 1. The third-order valence-corrected chi connectivity index (χ3v) is 1.86. The lowest BCUT2D eigenvalue weighted by molar-refractivity contribution is -0.118. The summed E-state index contributed by atoms with van der Waals surface area (Å²) in [6, 6.07) is 4.81. The highest BCUT2D eigenvalue weighted by molar-refractivity contribution is 5.73. The van der Waals surface area contributed by atoms with Crippen LogP contribution in [0.25, 0.3) is 0 Å². The number of halogens is 1. The van der Waals surface area contributed by atoms with E-state index in [1.54, 1.807) is 19.1 Å². The van der Waals surface area contributed by atoms with Gasteiger partial charge in [0.1, 0.15) is 5.82 Å². The minimum atomic E-state index is -0.328. The van der Waals surface area contributed by atoms with Crippen LogP contribution >= 0.6 is 0 Å². The molecule has 0 fully saturated rings. The molecule has 0 aliphatic carbocycles. The molecule has 0 saturated heterocycles. The van der Waals surface area contributed by atoms with Gasteiger partial charge in [-0.2, -0.15) is 0 Å². The van der Waals surface area contributed by atoms with Crippen LogP contribution in [0.3, 0.4) is 0 Å². The smallest absolute Gasteiger partial charge is 0.217 e. The highest BCUT2D eigenvalue weighted by Gasteiger charge is 2.00. The van der Waals surface area contributed by atoms with Crippen molar-refractivity contribution in [3.63, 3.8) is 0 Å². The van der Waals surface area contributed by atoms with E-state index in [9.17, 15) is 9.18 Å². The van der Waals surface area contributed by atoms with Crippen LogP contribution in [-0.4, -0.2) is 12.5 Å². The van der Waals surface area contributed by atoms with E-state index < -0.39 is 0 Å². The molecule has 0 radical (unpaired) electrons. The Balaban J connectivity index is 2.75. The van der Waals surface area contributed by atoms with Crippen molar-refractivity contribution >= 4 is 5.91 Å². The van der Waals surface area contributed by atoms with Crippen molar-refractivity contribution in [3.05, 3.63) is 35.1 Å². The molecular weight excluding hydrogens is 193 g/mol. The standard InChI is InChI=1S/C12H12FNO/c1-9-5-3-7-12(13)11(9)6-4-8-14-10(2)15/h3,5,7H,8H2,1-2H3,(H,14,15). The Morgan fingerprint density at radius 3 is 2.87 bits per heavy atom. The number of hydrogen-bond donors (Lipinski definition) is 1. The number of carbonyl (C=O) groups is 1. The fourth-order valence-electron chi connectivity index (χ4n) is 1.09. The molecule has 1 aromatic carbocycles. The van der Waals surface area contributed by atoms with Crippen molar-refractivity contribution in [2.75, 3.05) is 6.54 Å². The Labute approximate surface area is 88.5 Å². The Bertz CT molecular complexity index is 409. The number of rotatable bonds is 1. The average molecular weight is 205 g/mol. The van der Waals surface area contributed by atoms with Gasteiger partial charge in [-0.05, 0) is 18.6 Å². The lowest BCUT2D eigenvalue weighted by Gasteiger charge is -1.98. The van der Waals surface area contributed by atoms with Crippen LogP contribution in [-0.2, 0) is 4.79 Å². The second kappa shape index (κ2) is 5.16. The largest absolute Gasteiger partial charge is 0.345 e. The van der Waals surface area contributed by atoms with Crippen LogP contribution in [0, 0.1) is 24.6 Å². The van der Waals surface area contributed by atoms with Gasteiger partial charge in [0.15, 0.2) is 0 Å². The van der Waals surface area contributed by atoms with Crippen LogP contribution in [0.1, 0.15) is 18.1 Å². The first kappa shape index (κ1) is 11.3. The maximum atomic E-state index is 13.2. The zero-order valence-electron chi connectivity index (χ0n) is 8.73. The van der Waals surface area contributed by atoms with E-state index in [2.05, 4.69) is 17.2 Å². The average Bonchev–Trinajstić information content (AvgIpc) is 2.15. The van der Waals surface area contributed by atoms with Gasteiger partial charge >= 0.3 is 0 Å². The van der Waals surface area contributed by atoms with Crippen molar-refractivity contribution in [3.8, 4) is 11.8 Å². The summed E-state index contributed by atoms with van der Waals surface area (Å²) >= 11 is 0. The first-order valence-corrected chi connectivity index (χ1v) is 4.59. The molecule has 0 saturated carbocycles. The molecule has 0 spiro atoms. The SMILES string of the molecule is CC(=O)NCC#Cc1c(C)cccc1F. The van der Waals surface area contributed by atoms with Crippen LogP contribution < -0.4 is 5.32 Å². The van der Waals surface area contributed by atoms with Gasteiger partial charge in [-0.25, -0.2) is 4.39 Å². The summed E-state index contributed by atoms with van der Waals surface area (Å²) in [5.41, 5.74) is 1.19. The molecule has 0 aromatic heterocycles. The van der Waals surface area contributed by atoms with Gasteiger partial charge in [-0.3, -0.25) is 4.79 Å². The zero-order chi connectivity index (χ0) is 11.3. The molecule has 1 rings (SSSR count). The van der Waals surface area contributed by atoms with Crippen LogP contribution in [0.2, 0.25) is 0 Å². The molecule has 0 aliphatic rings. The van der Waals surface area contributed by atoms with Crippen LogP contribution in [0.4, 0.5) is 4.39 Å². The fourth-order valence-corrected chi connectivity index (χ4v) is 1.09. The number of benzene rings is 1. The van der Waals surface area contributed by atoms with Gasteiger partial charge in [0.25, 0.3) is 0 Å². The topological polar surface area (TPSA) is 29.1 Å².